The Morgan fingerprint density at radius 3 is 3.17 bits per heavy atom. The number of rotatable bonds is 3. The number of carbonyl (C=O) groups excluding carboxylic acids is 1. The van der Waals surface area contributed by atoms with Gasteiger partial charge in [-0.15, -0.1) is 0 Å². The first-order valence-electron chi connectivity index (χ1n) is 4.22. The molecule has 0 spiro atoms. The van der Waals surface area contributed by atoms with Crippen molar-refractivity contribution in [2.75, 3.05) is 13.1 Å². The summed E-state index contributed by atoms with van der Waals surface area (Å²) in [5.41, 5.74) is 0. The predicted molar refractivity (Wildman–Crippen MR) is 44.3 cm³/mol. The van der Waals surface area contributed by atoms with E-state index in [1.54, 1.807) is 0 Å². The molecule has 0 bridgehead atoms. The van der Waals surface area contributed by atoms with Crippen molar-refractivity contribution >= 4 is 5.91 Å². The summed E-state index contributed by atoms with van der Waals surface area (Å²) in [4.78, 5) is 11.2. The first-order chi connectivity index (χ1) is 5.84. The molecule has 1 heterocycles. The molecule has 1 aliphatic heterocycles. The maximum Gasteiger partial charge on any atom is 0.237 e. The van der Waals surface area contributed by atoms with Crippen molar-refractivity contribution in [3.63, 3.8) is 0 Å². The highest BCUT2D eigenvalue weighted by Gasteiger charge is 2.20. The van der Waals surface area contributed by atoms with Crippen molar-refractivity contribution in [2.24, 2.45) is 0 Å². The molecule has 1 saturated heterocycles. The molecule has 0 aromatic heterocycles. The fourth-order valence-corrected chi connectivity index (χ4v) is 1.27. The van der Waals surface area contributed by atoms with Gasteiger partial charge < -0.3 is 10.6 Å². The number of amides is 1. The fourth-order valence-electron chi connectivity index (χ4n) is 1.27. The standard InChI is InChI=1S/C8H13N3O/c9-4-2-6-11-8(12)7-3-1-5-10-7/h7,10H,1-3,5-6H2,(H,11,12). The van der Waals surface area contributed by atoms with E-state index in [-0.39, 0.29) is 11.9 Å². The van der Waals surface area contributed by atoms with Crippen molar-refractivity contribution in [2.45, 2.75) is 25.3 Å². The number of hydrogen-bond acceptors (Lipinski definition) is 3. The van der Waals surface area contributed by atoms with Crippen molar-refractivity contribution in [1.29, 1.82) is 5.26 Å². The molecule has 1 fully saturated rings. The van der Waals surface area contributed by atoms with Gasteiger partial charge in [-0.05, 0) is 19.4 Å². The van der Waals surface area contributed by atoms with E-state index in [9.17, 15) is 4.79 Å². The van der Waals surface area contributed by atoms with E-state index in [0.717, 1.165) is 19.4 Å². The summed E-state index contributed by atoms with van der Waals surface area (Å²) in [6.45, 7) is 1.39. The Balaban J connectivity index is 2.15. The normalized spacial score (nSPS) is 21.8. The van der Waals surface area contributed by atoms with E-state index >= 15 is 0 Å². The zero-order valence-corrected chi connectivity index (χ0v) is 6.97. The van der Waals surface area contributed by atoms with Gasteiger partial charge in [0.2, 0.25) is 5.91 Å². The maximum absolute atomic E-state index is 11.2. The smallest absolute Gasteiger partial charge is 0.237 e. The van der Waals surface area contributed by atoms with E-state index in [1.807, 2.05) is 6.07 Å². The van der Waals surface area contributed by atoms with Crippen molar-refractivity contribution < 1.29 is 4.79 Å². The van der Waals surface area contributed by atoms with Gasteiger partial charge in [0.1, 0.15) is 0 Å². The van der Waals surface area contributed by atoms with E-state index in [0.29, 0.717) is 13.0 Å². The summed E-state index contributed by atoms with van der Waals surface area (Å²) in [5, 5.41) is 14.0. The second kappa shape index (κ2) is 4.73. The van der Waals surface area contributed by atoms with Gasteiger partial charge >= 0.3 is 0 Å². The summed E-state index contributed by atoms with van der Waals surface area (Å²) in [5.74, 6) is 0.0303. The minimum Gasteiger partial charge on any atom is -0.354 e. The van der Waals surface area contributed by atoms with Crippen molar-refractivity contribution in [1.82, 2.24) is 10.6 Å². The first-order valence-corrected chi connectivity index (χ1v) is 4.22. The van der Waals surface area contributed by atoms with Crippen LogP contribution in [-0.4, -0.2) is 25.0 Å². The van der Waals surface area contributed by atoms with Crippen LogP contribution in [0.2, 0.25) is 0 Å². The average molecular weight is 167 g/mol. The van der Waals surface area contributed by atoms with Crippen LogP contribution in [-0.2, 0) is 4.79 Å². The van der Waals surface area contributed by atoms with Gasteiger partial charge in [0, 0.05) is 6.54 Å². The lowest BCUT2D eigenvalue weighted by Gasteiger charge is -2.08. The number of carbonyl (C=O) groups is 1. The molecule has 0 saturated carbocycles. The molecule has 0 aliphatic carbocycles. The van der Waals surface area contributed by atoms with Crippen LogP contribution in [0.25, 0.3) is 0 Å². The Bertz CT molecular complexity index is 191. The highest BCUT2D eigenvalue weighted by Crippen LogP contribution is 2.03. The molecule has 1 atom stereocenters. The van der Waals surface area contributed by atoms with Crippen LogP contribution in [0, 0.1) is 11.3 Å². The third-order valence-corrected chi connectivity index (χ3v) is 1.91. The van der Waals surface area contributed by atoms with E-state index in [4.69, 9.17) is 5.26 Å². The molecule has 2 N–H and O–H groups in total. The van der Waals surface area contributed by atoms with E-state index in [1.165, 1.54) is 0 Å². The molecule has 12 heavy (non-hydrogen) atoms. The molecular weight excluding hydrogens is 154 g/mol. The first kappa shape index (κ1) is 9.01. The summed E-state index contributed by atoms with van der Waals surface area (Å²) in [7, 11) is 0. The molecule has 0 radical (unpaired) electrons. The number of nitrogens with zero attached hydrogens (tertiary/aromatic N) is 1. The molecule has 1 amide bonds. The number of nitriles is 1. The minimum absolute atomic E-state index is 0.0244. The van der Waals surface area contributed by atoms with Crippen LogP contribution in [0.4, 0.5) is 0 Å². The highest BCUT2D eigenvalue weighted by molar-refractivity contribution is 5.81. The summed E-state index contributed by atoms with van der Waals surface area (Å²) in [6, 6.07) is 1.95. The zero-order chi connectivity index (χ0) is 8.81. The third kappa shape index (κ3) is 2.51. The molecule has 0 aromatic carbocycles. The Labute approximate surface area is 71.9 Å². The Kier molecular flexibility index (Phi) is 3.55. The monoisotopic (exact) mass is 167 g/mol. The molecule has 4 heteroatoms. The zero-order valence-electron chi connectivity index (χ0n) is 6.97. The van der Waals surface area contributed by atoms with Crippen LogP contribution in [0.1, 0.15) is 19.3 Å². The quantitative estimate of drug-likeness (QED) is 0.570. The molecule has 1 aliphatic rings. The third-order valence-electron chi connectivity index (χ3n) is 1.91. The van der Waals surface area contributed by atoms with Gasteiger partial charge in [-0.1, -0.05) is 0 Å². The van der Waals surface area contributed by atoms with Gasteiger partial charge in [0.25, 0.3) is 0 Å². The lowest BCUT2D eigenvalue weighted by atomic mass is 10.2. The van der Waals surface area contributed by atoms with Gasteiger partial charge in [0.15, 0.2) is 0 Å². The summed E-state index contributed by atoms with van der Waals surface area (Å²) < 4.78 is 0. The number of hydrogen-bond donors (Lipinski definition) is 2. The largest absolute Gasteiger partial charge is 0.354 e. The Morgan fingerprint density at radius 2 is 2.58 bits per heavy atom. The number of nitrogens with one attached hydrogen (secondary N) is 2. The van der Waals surface area contributed by atoms with E-state index < -0.39 is 0 Å². The Hall–Kier alpha value is -1.08. The molecular formula is C8H13N3O. The van der Waals surface area contributed by atoms with Crippen LogP contribution in [0.3, 0.4) is 0 Å². The second-order valence-electron chi connectivity index (χ2n) is 2.85. The fraction of sp³-hybridized carbons (Fsp3) is 0.750. The molecule has 66 valence electrons. The molecule has 4 nitrogen and oxygen atoms in total. The lowest BCUT2D eigenvalue weighted by Crippen LogP contribution is -2.40. The van der Waals surface area contributed by atoms with Gasteiger partial charge in [-0.25, -0.2) is 0 Å². The maximum atomic E-state index is 11.2. The SMILES string of the molecule is N#CCCNC(=O)C1CCCN1. The van der Waals surface area contributed by atoms with Gasteiger partial charge in [0.05, 0.1) is 18.5 Å². The highest BCUT2D eigenvalue weighted by atomic mass is 16.2. The van der Waals surface area contributed by atoms with Crippen LogP contribution in [0.15, 0.2) is 0 Å². The average Bonchev–Trinajstić information content (AvgIpc) is 2.56. The predicted octanol–water partition coefficient (Wildman–Crippen LogP) is -0.232. The molecule has 1 unspecified atom stereocenters. The van der Waals surface area contributed by atoms with Crippen LogP contribution in [0.5, 0.6) is 0 Å². The van der Waals surface area contributed by atoms with Gasteiger partial charge in [-0.2, -0.15) is 5.26 Å². The second-order valence-corrected chi connectivity index (χ2v) is 2.85. The van der Waals surface area contributed by atoms with Crippen molar-refractivity contribution in [3.05, 3.63) is 0 Å². The summed E-state index contributed by atoms with van der Waals surface area (Å²) >= 11 is 0. The topological polar surface area (TPSA) is 64.9 Å². The lowest BCUT2D eigenvalue weighted by molar-refractivity contribution is -0.122. The van der Waals surface area contributed by atoms with E-state index in [2.05, 4.69) is 10.6 Å². The molecule has 1 rings (SSSR count). The minimum atomic E-state index is -0.0244. The Morgan fingerprint density at radius 1 is 1.75 bits per heavy atom. The van der Waals surface area contributed by atoms with Crippen LogP contribution < -0.4 is 10.6 Å². The summed E-state index contributed by atoms with van der Waals surface area (Å²) in [6.07, 6.45) is 2.37. The molecule has 0 aromatic rings. The van der Waals surface area contributed by atoms with Gasteiger partial charge in [-0.3, -0.25) is 4.79 Å². The van der Waals surface area contributed by atoms with Crippen molar-refractivity contribution in [3.8, 4) is 6.07 Å². The van der Waals surface area contributed by atoms with Crippen LogP contribution >= 0.6 is 0 Å².